The summed E-state index contributed by atoms with van der Waals surface area (Å²) in [7, 11) is 0. The highest BCUT2D eigenvalue weighted by atomic mass is 16.6. The molecule has 1 heterocycles. The van der Waals surface area contributed by atoms with E-state index in [1.54, 1.807) is 0 Å². The third kappa shape index (κ3) is 2.68. The Morgan fingerprint density at radius 2 is 2.09 bits per heavy atom. The van der Waals surface area contributed by atoms with Crippen molar-refractivity contribution in [1.82, 2.24) is 0 Å². The second-order valence-corrected chi connectivity index (χ2v) is 5.99. The smallest absolute Gasteiger partial charge is 0.367 e. The molecule has 1 saturated carbocycles. The molecule has 1 aromatic rings. The first-order valence-electron chi connectivity index (χ1n) is 7.72. The van der Waals surface area contributed by atoms with Gasteiger partial charge < -0.3 is 24.8 Å². The van der Waals surface area contributed by atoms with Gasteiger partial charge in [-0.05, 0) is 37.5 Å². The van der Waals surface area contributed by atoms with Crippen molar-refractivity contribution in [3.05, 3.63) is 42.2 Å². The molecule has 6 nitrogen and oxygen atoms in total. The average Bonchev–Trinajstić information content (AvgIpc) is 3.04. The summed E-state index contributed by atoms with van der Waals surface area (Å²) in [5.74, 6) is -3.86. The van der Waals surface area contributed by atoms with Crippen molar-refractivity contribution < 1.29 is 29.6 Å². The number of hydrogen-bond acceptors (Lipinski definition) is 6. The summed E-state index contributed by atoms with van der Waals surface area (Å²) in [5.41, 5.74) is -1.31. The minimum Gasteiger partial charge on any atom is -0.508 e. The maximum atomic E-state index is 11.6. The number of para-hydroxylation sites is 1. The molecule has 23 heavy (non-hydrogen) atoms. The molecule has 2 fully saturated rings. The Labute approximate surface area is 134 Å². The molecule has 0 spiro atoms. The summed E-state index contributed by atoms with van der Waals surface area (Å²) >= 11 is 0. The van der Waals surface area contributed by atoms with Crippen LogP contribution in [0.25, 0.3) is 0 Å². The summed E-state index contributed by atoms with van der Waals surface area (Å²) in [6, 6.07) is 9.29. The van der Waals surface area contributed by atoms with Crippen molar-refractivity contribution in [3.8, 4) is 5.75 Å². The first-order chi connectivity index (χ1) is 11.0. The van der Waals surface area contributed by atoms with Crippen molar-refractivity contribution in [2.24, 2.45) is 5.92 Å². The Balaban J connectivity index is 1.65. The molecular weight excluding hydrogens is 300 g/mol. The van der Waals surface area contributed by atoms with E-state index in [1.165, 1.54) is 6.08 Å². The van der Waals surface area contributed by atoms with E-state index >= 15 is 0 Å². The molecule has 0 bridgehead atoms. The Morgan fingerprint density at radius 3 is 2.83 bits per heavy atom. The highest BCUT2D eigenvalue weighted by Gasteiger charge is 2.67. The highest BCUT2D eigenvalue weighted by molar-refractivity contribution is 5.81. The fourth-order valence-electron chi connectivity index (χ4n) is 3.43. The van der Waals surface area contributed by atoms with Gasteiger partial charge >= 0.3 is 5.97 Å². The molecule has 0 radical (unpaired) electrons. The number of aliphatic hydroxyl groups is 3. The third-order valence-electron chi connectivity index (χ3n) is 4.57. The van der Waals surface area contributed by atoms with E-state index in [1.807, 2.05) is 30.3 Å². The molecule has 1 saturated heterocycles. The topological polar surface area (TPSA) is 96.2 Å². The van der Waals surface area contributed by atoms with E-state index in [-0.39, 0.29) is 5.76 Å². The highest BCUT2D eigenvalue weighted by Crippen LogP contribution is 2.52. The van der Waals surface area contributed by atoms with Gasteiger partial charge in [-0.1, -0.05) is 18.2 Å². The van der Waals surface area contributed by atoms with Crippen LogP contribution in [0.1, 0.15) is 25.7 Å². The van der Waals surface area contributed by atoms with Crippen molar-refractivity contribution in [2.75, 3.05) is 6.61 Å². The number of rotatable bonds is 5. The molecule has 2 atom stereocenters. The van der Waals surface area contributed by atoms with Gasteiger partial charge in [0.05, 0.1) is 12.5 Å². The zero-order valence-electron chi connectivity index (χ0n) is 12.6. The Hall–Kier alpha value is -2.05. The van der Waals surface area contributed by atoms with Crippen molar-refractivity contribution in [2.45, 2.75) is 37.1 Å². The number of esters is 1. The minimum atomic E-state index is -2.53. The van der Waals surface area contributed by atoms with E-state index in [0.29, 0.717) is 32.3 Å². The number of benzene rings is 1. The van der Waals surface area contributed by atoms with Crippen LogP contribution in [-0.2, 0) is 9.53 Å². The van der Waals surface area contributed by atoms with Crippen LogP contribution in [0.2, 0.25) is 0 Å². The van der Waals surface area contributed by atoms with Crippen LogP contribution in [0.5, 0.6) is 5.75 Å². The van der Waals surface area contributed by atoms with Gasteiger partial charge in [-0.15, -0.1) is 0 Å². The molecule has 3 rings (SSSR count). The van der Waals surface area contributed by atoms with Gasteiger partial charge in [-0.3, -0.25) is 0 Å². The summed E-state index contributed by atoms with van der Waals surface area (Å²) in [4.78, 5) is 11.6. The van der Waals surface area contributed by atoms with E-state index in [2.05, 4.69) is 0 Å². The van der Waals surface area contributed by atoms with Crippen LogP contribution in [0.3, 0.4) is 0 Å². The Morgan fingerprint density at radius 1 is 1.35 bits per heavy atom. The van der Waals surface area contributed by atoms with Crippen LogP contribution >= 0.6 is 0 Å². The van der Waals surface area contributed by atoms with E-state index < -0.39 is 23.3 Å². The van der Waals surface area contributed by atoms with E-state index in [9.17, 15) is 20.1 Å². The fraction of sp³-hybridized carbons (Fsp3) is 0.471. The molecule has 1 aromatic carbocycles. The van der Waals surface area contributed by atoms with Crippen molar-refractivity contribution in [1.29, 1.82) is 0 Å². The summed E-state index contributed by atoms with van der Waals surface area (Å²) < 4.78 is 10.7. The predicted octanol–water partition coefficient (Wildman–Crippen LogP) is 1.67. The zero-order chi connectivity index (χ0) is 16.5. The van der Waals surface area contributed by atoms with Gasteiger partial charge in [0.15, 0.2) is 5.60 Å². The lowest BCUT2D eigenvalue weighted by Gasteiger charge is -2.27. The molecule has 3 N–H and O–H groups in total. The SMILES string of the molecule is O=C1O[C@@]2(/C(O)=C\CCOc3ccccc3)CCC[C@H]2C1(O)O. The van der Waals surface area contributed by atoms with Crippen LogP contribution in [0.4, 0.5) is 0 Å². The number of ether oxygens (including phenoxy) is 2. The first kappa shape index (κ1) is 15.8. The monoisotopic (exact) mass is 320 g/mol. The van der Waals surface area contributed by atoms with Crippen LogP contribution < -0.4 is 4.74 Å². The van der Waals surface area contributed by atoms with Crippen molar-refractivity contribution >= 4 is 5.97 Å². The fourth-order valence-corrected chi connectivity index (χ4v) is 3.43. The lowest BCUT2D eigenvalue weighted by molar-refractivity contribution is -0.199. The normalized spacial score (nSPS) is 29.2. The average molecular weight is 320 g/mol. The number of carbonyl (C=O) groups excluding carboxylic acids is 1. The molecule has 0 amide bonds. The molecule has 0 unspecified atom stereocenters. The minimum absolute atomic E-state index is 0.130. The summed E-state index contributed by atoms with van der Waals surface area (Å²) in [5, 5.41) is 30.1. The van der Waals surface area contributed by atoms with Gasteiger partial charge in [0.25, 0.3) is 5.79 Å². The van der Waals surface area contributed by atoms with Gasteiger partial charge in [0, 0.05) is 6.42 Å². The van der Waals surface area contributed by atoms with Gasteiger partial charge in [-0.2, -0.15) is 0 Å². The van der Waals surface area contributed by atoms with E-state index in [0.717, 1.165) is 5.75 Å². The van der Waals surface area contributed by atoms with E-state index in [4.69, 9.17) is 9.47 Å². The number of carbonyl (C=O) groups is 1. The quantitative estimate of drug-likeness (QED) is 0.330. The number of fused-ring (bicyclic) bond motifs is 1. The lowest BCUT2D eigenvalue weighted by Crippen LogP contribution is -2.44. The van der Waals surface area contributed by atoms with Crippen molar-refractivity contribution in [3.63, 3.8) is 0 Å². The Kier molecular flexibility index (Phi) is 4.04. The van der Waals surface area contributed by atoms with Crippen LogP contribution in [0.15, 0.2) is 42.2 Å². The molecule has 1 aliphatic heterocycles. The molecule has 0 aromatic heterocycles. The maximum Gasteiger partial charge on any atom is 0.367 e. The zero-order valence-corrected chi connectivity index (χ0v) is 12.6. The third-order valence-corrected chi connectivity index (χ3v) is 4.57. The van der Waals surface area contributed by atoms with Gasteiger partial charge in [0.1, 0.15) is 11.5 Å². The van der Waals surface area contributed by atoms with Gasteiger partial charge in [-0.25, -0.2) is 4.79 Å². The molecule has 2 aliphatic rings. The van der Waals surface area contributed by atoms with Crippen LogP contribution in [0, 0.1) is 5.92 Å². The lowest BCUT2D eigenvalue weighted by atomic mass is 9.85. The Bertz CT molecular complexity index is 609. The summed E-state index contributed by atoms with van der Waals surface area (Å²) in [6.45, 7) is 0.353. The number of hydrogen-bond donors (Lipinski definition) is 3. The maximum absolute atomic E-state index is 11.6. The largest absolute Gasteiger partial charge is 0.508 e. The predicted molar refractivity (Wildman–Crippen MR) is 80.6 cm³/mol. The number of aliphatic hydroxyl groups excluding tert-OH is 1. The molecule has 6 heteroatoms. The molecule has 124 valence electrons. The second-order valence-electron chi connectivity index (χ2n) is 5.99. The van der Waals surface area contributed by atoms with Gasteiger partial charge in [0.2, 0.25) is 0 Å². The summed E-state index contributed by atoms with van der Waals surface area (Å²) in [6.07, 6.45) is 3.39. The first-order valence-corrected chi connectivity index (χ1v) is 7.72. The molecular formula is C17H20O6. The van der Waals surface area contributed by atoms with Crippen LogP contribution in [-0.4, -0.2) is 39.3 Å². The molecule has 1 aliphatic carbocycles. The standard InChI is InChI=1S/C17H20O6/c18-14(9-5-11-22-12-6-2-1-3-7-12)16-10-4-8-13(16)17(20,21)15(19)23-16/h1-3,6-7,9,13,18,20-21H,4-5,8,10-11H2/b14-9+/t13-,16+/m1/s1. The second kappa shape index (κ2) is 5.86.